The maximum atomic E-state index is 13.2. The Labute approximate surface area is 186 Å². The molecule has 1 N–H and O–H groups in total. The van der Waals surface area contributed by atoms with Crippen LogP contribution in [0.3, 0.4) is 0 Å². The Bertz CT molecular complexity index is 920. The minimum Gasteiger partial charge on any atom is -0.382 e. The molecule has 0 aliphatic heterocycles. The van der Waals surface area contributed by atoms with E-state index in [9.17, 15) is 8.42 Å². The first-order valence-electron chi connectivity index (χ1n) is 9.21. The average molecular weight is 479 g/mol. The van der Waals surface area contributed by atoms with Gasteiger partial charge in [0.25, 0.3) is 0 Å². The highest BCUT2D eigenvalue weighted by molar-refractivity contribution is 7.93. The van der Waals surface area contributed by atoms with Crippen molar-refractivity contribution in [1.82, 2.24) is 24.7 Å². The Balaban J connectivity index is 2.37. The first-order chi connectivity index (χ1) is 14.8. The Morgan fingerprint density at radius 1 is 1.06 bits per heavy atom. The summed E-state index contributed by atoms with van der Waals surface area (Å²) in [5.74, 6) is 0.601. The lowest BCUT2D eigenvalue weighted by Crippen LogP contribution is -2.34. The van der Waals surface area contributed by atoms with Crippen LogP contribution in [-0.4, -0.2) is 80.1 Å². The summed E-state index contributed by atoms with van der Waals surface area (Å²) in [6, 6.07) is -0.388. The third-order valence-electron chi connectivity index (χ3n) is 4.42. The molecule has 0 bridgehead atoms. The third-order valence-corrected chi connectivity index (χ3v) is 6.31. The molecule has 0 aliphatic rings. The van der Waals surface area contributed by atoms with Crippen LogP contribution in [0.2, 0.25) is 5.02 Å². The highest BCUT2D eigenvalue weighted by Crippen LogP contribution is 2.26. The van der Waals surface area contributed by atoms with E-state index >= 15 is 0 Å². The molecule has 0 aliphatic carbocycles. The third kappa shape index (κ3) is 6.30. The van der Waals surface area contributed by atoms with E-state index in [-0.39, 0.29) is 37.6 Å². The number of hydrogen-bond acceptors (Lipinski definition) is 10. The van der Waals surface area contributed by atoms with Crippen LogP contribution >= 0.6 is 11.6 Å². The molecule has 0 unspecified atom stereocenters. The molecule has 14 heteroatoms. The summed E-state index contributed by atoms with van der Waals surface area (Å²) in [7, 11) is 1.94. The predicted octanol–water partition coefficient (Wildman–Crippen LogP) is 1.22. The second kappa shape index (κ2) is 11.6. The predicted molar refractivity (Wildman–Crippen MR) is 112 cm³/mol. The van der Waals surface area contributed by atoms with Crippen LogP contribution < -0.4 is 4.72 Å². The number of ether oxygens (including phenoxy) is 4. The smallest absolute Gasteiger partial charge is 0.240 e. The molecule has 0 saturated carbocycles. The van der Waals surface area contributed by atoms with E-state index in [4.69, 9.17) is 30.5 Å². The molecule has 2 atom stereocenters. The van der Waals surface area contributed by atoms with Crippen LogP contribution in [0, 0.1) is 0 Å². The second-order valence-electron chi connectivity index (χ2n) is 6.58. The maximum Gasteiger partial charge on any atom is 0.240 e. The van der Waals surface area contributed by atoms with Crippen molar-refractivity contribution in [1.29, 1.82) is 0 Å². The van der Waals surface area contributed by atoms with Crippen molar-refractivity contribution in [2.75, 3.05) is 46.4 Å². The molecule has 2 aromatic heterocycles. The number of anilines is 1. The van der Waals surface area contributed by atoms with Gasteiger partial charge in [0, 0.05) is 40.8 Å². The highest BCUT2D eigenvalue weighted by atomic mass is 35.5. The number of aromatic nitrogens is 5. The lowest BCUT2D eigenvalue weighted by atomic mass is 10.2. The molecule has 0 saturated heterocycles. The summed E-state index contributed by atoms with van der Waals surface area (Å²) in [5, 5.41) is 7.30. The van der Waals surface area contributed by atoms with E-state index in [0.29, 0.717) is 10.8 Å². The largest absolute Gasteiger partial charge is 0.382 e. The zero-order valence-corrected chi connectivity index (χ0v) is 19.6. The van der Waals surface area contributed by atoms with Crippen molar-refractivity contribution in [3.63, 3.8) is 0 Å². The van der Waals surface area contributed by atoms with Gasteiger partial charge in [0.1, 0.15) is 18.0 Å². The summed E-state index contributed by atoms with van der Waals surface area (Å²) in [6.45, 7) is 2.08. The van der Waals surface area contributed by atoms with Crippen molar-refractivity contribution in [3.05, 3.63) is 29.1 Å². The van der Waals surface area contributed by atoms with Gasteiger partial charge in [-0.05, 0) is 6.92 Å². The van der Waals surface area contributed by atoms with Crippen LogP contribution in [0.1, 0.15) is 30.7 Å². The fraction of sp³-hybridized carbons (Fsp3) is 0.647. The van der Waals surface area contributed by atoms with Crippen LogP contribution in [0.25, 0.3) is 0 Å². The normalized spacial score (nSPS) is 14.0. The van der Waals surface area contributed by atoms with E-state index in [0.717, 1.165) is 0 Å². The quantitative estimate of drug-likeness (QED) is 0.446. The summed E-state index contributed by atoms with van der Waals surface area (Å²) >= 11 is 5.82. The lowest BCUT2D eigenvalue weighted by molar-refractivity contribution is 0.0846. The molecule has 2 heterocycles. The van der Waals surface area contributed by atoms with Gasteiger partial charge in [-0.1, -0.05) is 11.6 Å². The number of nitrogens with one attached hydrogen (secondary N) is 1. The molecule has 31 heavy (non-hydrogen) atoms. The molecule has 0 radical (unpaired) electrons. The molecule has 2 aromatic rings. The van der Waals surface area contributed by atoms with Gasteiger partial charge in [-0.3, -0.25) is 9.29 Å². The first kappa shape index (κ1) is 25.4. The van der Waals surface area contributed by atoms with E-state index in [1.54, 1.807) is 4.57 Å². The van der Waals surface area contributed by atoms with Crippen LogP contribution in [0.15, 0.2) is 12.4 Å². The molecule has 2 rings (SSSR count). The topological polar surface area (TPSA) is 140 Å². The van der Waals surface area contributed by atoms with Gasteiger partial charge < -0.3 is 18.9 Å². The van der Waals surface area contributed by atoms with Gasteiger partial charge in [-0.2, -0.15) is 0 Å². The number of sulfonamides is 1. The number of halogens is 1. The van der Waals surface area contributed by atoms with Gasteiger partial charge >= 0.3 is 0 Å². The second-order valence-corrected chi connectivity index (χ2v) is 9.05. The van der Waals surface area contributed by atoms with Gasteiger partial charge in [0.2, 0.25) is 16.0 Å². The Hall–Kier alpha value is -1.90. The van der Waals surface area contributed by atoms with Crippen LogP contribution in [0.4, 0.5) is 5.95 Å². The van der Waals surface area contributed by atoms with E-state index in [1.165, 1.54) is 47.8 Å². The summed E-state index contributed by atoms with van der Waals surface area (Å²) < 4.78 is 51.4. The van der Waals surface area contributed by atoms with Crippen molar-refractivity contribution >= 4 is 27.6 Å². The zero-order valence-electron chi connectivity index (χ0n) is 18.0. The minimum atomic E-state index is -4.00. The molecule has 174 valence electrons. The monoisotopic (exact) mass is 478 g/mol. The molecule has 0 spiro atoms. The molecule has 0 amide bonds. The van der Waals surface area contributed by atoms with E-state index < -0.39 is 21.4 Å². The number of methoxy groups -OCH3 is 4. The fourth-order valence-electron chi connectivity index (χ4n) is 2.95. The summed E-state index contributed by atoms with van der Waals surface area (Å²) in [6.07, 6.45) is 1.80. The number of hydrogen-bond donors (Lipinski definition) is 1. The van der Waals surface area contributed by atoms with E-state index in [2.05, 4.69) is 24.9 Å². The molecule has 0 aromatic carbocycles. The van der Waals surface area contributed by atoms with Crippen LogP contribution in [0.5, 0.6) is 0 Å². The Kier molecular flexibility index (Phi) is 9.53. The van der Waals surface area contributed by atoms with Gasteiger partial charge in [-0.25, -0.2) is 18.4 Å². The average Bonchev–Trinajstić information content (AvgIpc) is 3.11. The van der Waals surface area contributed by atoms with Crippen LogP contribution in [-0.2, 0) is 35.6 Å². The van der Waals surface area contributed by atoms with Crippen molar-refractivity contribution < 1.29 is 27.4 Å². The molecule has 12 nitrogen and oxygen atoms in total. The minimum absolute atomic E-state index is 0.00452. The van der Waals surface area contributed by atoms with E-state index in [1.807, 2.05) is 0 Å². The maximum absolute atomic E-state index is 13.2. The fourth-order valence-corrected chi connectivity index (χ4v) is 4.18. The first-order valence-corrected chi connectivity index (χ1v) is 11.1. The summed E-state index contributed by atoms with van der Waals surface area (Å²) in [5.41, 5.74) is 0. The van der Waals surface area contributed by atoms with Crippen molar-refractivity contribution in [2.45, 2.75) is 30.9 Å². The lowest BCUT2D eigenvalue weighted by Gasteiger charge is -2.24. The van der Waals surface area contributed by atoms with Crippen molar-refractivity contribution in [3.8, 4) is 0 Å². The Morgan fingerprint density at radius 2 is 1.68 bits per heavy atom. The standard InChI is InChI=1S/C17H27ClN6O6S/c1-11(15(30-5)16-19-6-12(18)7-20-16)31(25,26)23-17-22-21-14(10-29-4)24(17)13(8-27-2)9-28-3/h6-7,11,13,15H,8-10H2,1-5H3,(H,22,23)/t11-,15-/m0/s1. The van der Waals surface area contributed by atoms with Gasteiger partial charge in [0.05, 0.1) is 24.3 Å². The molecular formula is C17H27ClN6O6S. The number of nitrogens with zero attached hydrogens (tertiary/aromatic N) is 5. The highest BCUT2D eigenvalue weighted by Gasteiger charge is 2.34. The van der Waals surface area contributed by atoms with Gasteiger partial charge in [-0.15, -0.1) is 10.2 Å². The zero-order chi connectivity index (χ0) is 23.0. The number of rotatable bonds is 13. The van der Waals surface area contributed by atoms with Crippen molar-refractivity contribution in [2.24, 2.45) is 0 Å². The molecular weight excluding hydrogens is 452 g/mol. The molecule has 0 fully saturated rings. The van der Waals surface area contributed by atoms with Gasteiger partial charge in [0.15, 0.2) is 11.6 Å². The SMILES string of the molecule is COCc1nnc(NS(=O)(=O)[C@@H](C)[C@H](OC)c2ncc(Cl)cn2)n1C(COC)COC. The Morgan fingerprint density at radius 3 is 2.19 bits per heavy atom. The summed E-state index contributed by atoms with van der Waals surface area (Å²) in [4.78, 5) is 8.14.